The number of ether oxygens (including phenoxy) is 1. The lowest BCUT2D eigenvalue weighted by atomic mass is 9.79. The van der Waals surface area contributed by atoms with Gasteiger partial charge in [0.15, 0.2) is 0 Å². The number of carbonyl (C=O) groups is 2. The van der Waals surface area contributed by atoms with E-state index in [1.807, 2.05) is 6.08 Å². The molecule has 186 valence electrons. The maximum absolute atomic E-state index is 12.2. The van der Waals surface area contributed by atoms with Gasteiger partial charge in [0.1, 0.15) is 6.61 Å². The molecular weight excluding hydrogens is 400 g/mol. The molecule has 1 saturated carbocycles. The molecule has 0 aromatic rings. The Kier molecular flexibility index (Phi) is 18.2. The molecule has 0 heterocycles. The monoisotopic (exact) mass is 450 g/mol. The molecule has 0 amide bonds. The first-order valence-electron chi connectivity index (χ1n) is 13.7. The molecule has 32 heavy (non-hydrogen) atoms. The van der Waals surface area contributed by atoms with Crippen molar-refractivity contribution in [1.82, 2.24) is 0 Å². The molecule has 1 rings (SSSR count). The van der Waals surface area contributed by atoms with Crippen LogP contribution in [0.5, 0.6) is 0 Å². The Labute approximate surface area is 197 Å². The highest BCUT2D eigenvalue weighted by Crippen LogP contribution is 2.31. The number of carboxylic acids is 1. The largest absolute Gasteiger partial charge is 0.481 e. The van der Waals surface area contributed by atoms with Crippen LogP contribution in [-0.4, -0.2) is 23.7 Å². The zero-order chi connectivity index (χ0) is 23.3. The van der Waals surface area contributed by atoms with Crippen molar-refractivity contribution >= 4 is 11.9 Å². The van der Waals surface area contributed by atoms with Crippen molar-refractivity contribution in [1.29, 1.82) is 0 Å². The minimum absolute atomic E-state index is 0.264. The predicted molar refractivity (Wildman–Crippen MR) is 133 cm³/mol. The quantitative estimate of drug-likeness (QED) is 0.115. The Bertz CT molecular complexity index is 500. The van der Waals surface area contributed by atoms with Crippen LogP contribution in [0, 0.1) is 11.8 Å². The maximum Gasteiger partial charge on any atom is 0.310 e. The highest BCUT2D eigenvalue weighted by Gasteiger charge is 2.36. The van der Waals surface area contributed by atoms with Gasteiger partial charge in [-0.1, -0.05) is 122 Å². The third-order valence-electron chi connectivity index (χ3n) is 6.85. The van der Waals surface area contributed by atoms with Crippen molar-refractivity contribution in [3.05, 3.63) is 12.2 Å². The molecule has 0 aliphatic heterocycles. The number of hydrogen-bond donors (Lipinski definition) is 1. The van der Waals surface area contributed by atoms with Crippen LogP contribution in [0.1, 0.15) is 135 Å². The van der Waals surface area contributed by atoms with Gasteiger partial charge in [0, 0.05) is 0 Å². The molecule has 1 fully saturated rings. The van der Waals surface area contributed by atoms with E-state index in [2.05, 4.69) is 13.0 Å². The second-order valence-electron chi connectivity index (χ2n) is 9.68. The summed E-state index contributed by atoms with van der Waals surface area (Å²) in [7, 11) is 0. The first-order chi connectivity index (χ1) is 15.7. The average Bonchev–Trinajstić information content (AvgIpc) is 2.80. The van der Waals surface area contributed by atoms with Crippen molar-refractivity contribution < 1.29 is 19.4 Å². The summed E-state index contributed by atoms with van der Waals surface area (Å²) in [5.74, 6) is -2.24. The van der Waals surface area contributed by atoms with Crippen LogP contribution in [0.4, 0.5) is 0 Å². The van der Waals surface area contributed by atoms with E-state index in [4.69, 9.17) is 4.74 Å². The maximum atomic E-state index is 12.2. The zero-order valence-corrected chi connectivity index (χ0v) is 20.8. The summed E-state index contributed by atoms with van der Waals surface area (Å²) in [6.45, 7) is 2.54. The van der Waals surface area contributed by atoms with Gasteiger partial charge < -0.3 is 9.84 Å². The molecular formula is C28H50O4. The molecule has 0 bridgehead atoms. The summed E-state index contributed by atoms with van der Waals surface area (Å²) in [4.78, 5) is 23.5. The van der Waals surface area contributed by atoms with Crippen molar-refractivity contribution in [3.63, 3.8) is 0 Å². The van der Waals surface area contributed by atoms with Crippen molar-refractivity contribution in [2.24, 2.45) is 11.8 Å². The summed E-state index contributed by atoms with van der Waals surface area (Å²) in [6.07, 6.45) is 28.7. The van der Waals surface area contributed by atoms with Crippen LogP contribution < -0.4 is 0 Å². The second kappa shape index (κ2) is 20.3. The topological polar surface area (TPSA) is 63.6 Å². The summed E-state index contributed by atoms with van der Waals surface area (Å²) in [5, 5.41) is 9.27. The van der Waals surface area contributed by atoms with Gasteiger partial charge in [-0.05, 0) is 25.7 Å². The minimum atomic E-state index is -0.865. The van der Waals surface area contributed by atoms with Gasteiger partial charge >= 0.3 is 11.9 Å². The van der Waals surface area contributed by atoms with Gasteiger partial charge in [-0.3, -0.25) is 9.59 Å². The number of esters is 1. The van der Waals surface area contributed by atoms with E-state index in [0.717, 1.165) is 19.3 Å². The molecule has 2 unspecified atom stereocenters. The molecule has 0 radical (unpaired) electrons. The van der Waals surface area contributed by atoms with Gasteiger partial charge in [-0.2, -0.15) is 0 Å². The first-order valence-corrected chi connectivity index (χ1v) is 13.7. The molecule has 0 saturated heterocycles. The predicted octanol–water partition coefficient (Wildman–Crippen LogP) is 8.24. The summed E-state index contributed by atoms with van der Waals surface area (Å²) in [6, 6.07) is 0. The van der Waals surface area contributed by atoms with Crippen LogP contribution in [-0.2, 0) is 14.3 Å². The molecule has 1 aliphatic rings. The molecule has 1 aliphatic carbocycles. The van der Waals surface area contributed by atoms with E-state index in [1.165, 1.54) is 96.3 Å². The fraction of sp³-hybridized carbons (Fsp3) is 0.857. The number of carbonyl (C=O) groups excluding carboxylic acids is 1. The van der Waals surface area contributed by atoms with Gasteiger partial charge in [-0.15, -0.1) is 0 Å². The SMILES string of the molecule is CCCCCCCCCCCCCCCCC/C=C/COC(=O)C1CCCCC1C(=O)O. The molecule has 4 nitrogen and oxygen atoms in total. The Morgan fingerprint density at radius 1 is 0.719 bits per heavy atom. The fourth-order valence-corrected chi connectivity index (χ4v) is 4.77. The highest BCUT2D eigenvalue weighted by atomic mass is 16.5. The van der Waals surface area contributed by atoms with Crippen LogP contribution in [0.3, 0.4) is 0 Å². The lowest BCUT2D eigenvalue weighted by Gasteiger charge is -2.26. The number of unbranched alkanes of at least 4 members (excludes halogenated alkanes) is 15. The highest BCUT2D eigenvalue weighted by molar-refractivity contribution is 5.81. The molecule has 4 heteroatoms. The van der Waals surface area contributed by atoms with Crippen molar-refractivity contribution in [3.8, 4) is 0 Å². The summed E-state index contributed by atoms with van der Waals surface area (Å²) >= 11 is 0. The number of allylic oxidation sites excluding steroid dienone is 1. The van der Waals surface area contributed by atoms with E-state index < -0.39 is 17.8 Å². The van der Waals surface area contributed by atoms with Crippen molar-refractivity contribution in [2.75, 3.05) is 6.61 Å². The number of aliphatic carboxylic acids is 1. The van der Waals surface area contributed by atoms with Gasteiger partial charge in [-0.25, -0.2) is 0 Å². The Hall–Kier alpha value is -1.32. The lowest BCUT2D eigenvalue weighted by Crippen LogP contribution is -2.33. The number of hydrogen-bond acceptors (Lipinski definition) is 3. The molecule has 0 aromatic carbocycles. The standard InChI is InChI=1S/C28H50O4/c1-2-3-4-5-6-7-8-9-10-11-12-13-14-15-16-17-18-21-24-32-28(31)26-23-20-19-22-25(26)27(29)30/h18,21,25-26H,2-17,19-20,22-24H2,1H3,(H,29,30)/b21-18+. The van der Waals surface area contributed by atoms with Gasteiger partial charge in [0.05, 0.1) is 11.8 Å². The molecule has 1 N–H and O–H groups in total. The number of carboxylic acid groups (broad SMARTS) is 1. The van der Waals surface area contributed by atoms with E-state index in [1.54, 1.807) is 0 Å². The lowest BCUT2D eigenvalue weighted by molar-refractivity contribution is -0.158. The normalized spacial score (nSPS) is 18.8. The van der Waals surface area contributed by atoms with Crippen LogP contribution in [0.2, 0.25) is 0 Å². The van der Waals surface area contributed by atoms with E-state index >= 15 is 0 Å². The van der Waals surface area contributed by atoms with E-state index in [-0.39, 0.29) is 12.6 Å². The Morgan fingerprint density at radius 2 is 1.19 bits per heavy atom. The van der Waals surface area contributed by atoms with E-state index in [9.17, 15) is 14.7 Å². The van der Waals surface area contributed by atoms with Crippen LogP contribution >= 0.6 is 0 Å². The van der Waals surface area contributed by atoms with Crippen molar-refractivity contribution in [2.45, 2.75) is 135 Å². The fourth-order valence-electron chi connectivity index (χ4n) is 4.77. The summed E-state index contributed by atoms with van der Waals surface area (Å²) in [5.41, 5.74) is 0. The minimum Gasteiger partial charge on any atom is -0.481 e. The second-order valence-corrected chi connectivity index (χ2v) is 9.68. The first kappa shape index (κ1) is 28.7. The molecule has 0 spiro atoms. The third-order valence-corrected chi connectivity index (χ3v) is 6.85. The van der Waals surface area contributed by atoms with Crippen LogP contribution in [0.15, 0.2) is 12.2 Å². The zero-order valence-electron chi connectivity index (χ0n) is 20.8. The Balaban J connectivity index is 1.86. The average molecular weight is 451 g/mol. The summed E-state index contributed by atoms with van der Waals surface area (Å²) < 4.78 is 5.30. The van der Waals surface area contributed by atoms with Gasteiger partial charge in [0.25, 0.3) is 0 Å². The van der Waals surface area contributed by atoms with Crippen LogP contribution in [0.25, 0.3) is 0 Å². The Morgan fingerprint density at radius 3 is 1.69 bits per heavy atom. The van der Waals surface area contributed by atoms with Gasteiger partial charge in [0.2, 0.25) is 0 Å². The molecule has 2 atom stereocenters. The smallest absolute Gasteiger partial charge is 0.310 e. The van der Waals surface area contributed by atoms with E-state index in [0.29, 0.717) is 12.8 Å². The third kappa shape index (κ3) is 14.7. The molecule has 0 aromatic heterocycles. The number of rotatable bonds is 20.